The Hall–Kier alpha value is -1.72. The molecule has 3 heterocycles. The molecule has 0 saturated carbocycles. The zero-order chi connectivity index (χ0) is 14.7. The van der Waals surface area contributed by atoms with E-state index in [4.69, 9.17) is 0 Å². The van der Waals surface area contributed by atoms with Crippen LogP contribution in [0.1, 0.15) is 36.0 Å². The topological polar surface area (TPSA) is 65.0 Å². The first-order valence-electron chi connectivity index (χ1n) is 7.53. The number of aromatic amines is 1. The first-order valence-corrected chi connectivity index (χ1v) is 7.53. The third kappa shape index (κ3) is 3.49. The fourth-order valence-corrected chi connectivity index (χ4v) is 2.94. The molecular weight excluding hydrogens is 264 g/mol. The normalized spacial score (nSPS) is 18.8. The highest BCUT2D eigenvalue weighted by atomic mass is 16.3. The lowest BCUT2D eigenvalue weighted by atomic mass is 9.90. The molecule has 0 aromatic carbocycles. The monoisotopic (exact) mass is 286 g/mol. The molecule has 2 N–H and O–H groups in total. The Bertz CT molecular complexity index is 544. The third-order valence-electron chi connectivity index (χ3n) is 4.26. The molecule has 0 amide bonds. The first kappa shape index (κ1) is 14.2. The number of aromatic nitrogens is 3. The van der Waals surface area contributed by atoms with Gasteiger partial charge in [-0.05, 0) is 50.4 Å². The number of aliphatic hydroxyl groups is 1. The van der Waals surface area contributed by atoms with E-state index in [0.717, 1.165) is 38.2 Å². The van der Waals surface area contributed by atoms with Gasteiger partial charge in [0.1, 0.15) is 11.9 Å². The molecule has 1 aliphatic rings. The van der Waals surface area contributed by atoms with E-state index >= 15 is 0 Å². The molecule has 0 aliphatic carbocycles. The van der Waals surface area contributed by atoms with Crippen LogP contribution < -0.4 is 0 Å². The van der Waals surface area contributed by atoms with E-state index in [0.29, 0.717) is 11.7 Å². The van der Waals surface area contributed by atoms with Gasteiger partial charge in [-0.15, -0.1) is 0 Å². The number of piperidine rings is 1. The number of pyridine rings is 1. The van der Waals surface area contributed by atoms with Crippen molar-refractivity contribution in [1.29, 1.82) is 0 Å². The molecule has 1 unspecified atom stereocenters. The van der Waals surface area contributed by atoms with Crippen LogP contribution in [0.25, 0.3) is 0 Å². The highest BCUT2D eigenvalue weighted by Gasteiger charge is 2.27. The molecular formula is C16H22N4O. The smallest absolute Gasteiger partial charge is 0.135 e. The minimum atomic E-state index is -0.469. The van der Waals surface area contributed by atoms with Gasteiger partial charge >= 0.3 is 0 Å². The summed E-state index contributed by atoms with van der Waals surface area (Å²) >= 11 is 0. The predicted octanol–water partition coefficient (Wildman–Crippen LogP) is 2.06. The largest absolute Gasteiger partial charge is 0.385 e. The Balaban J connectivity index is 1.52. The molecule has 21 heavy (non-hydrogen) atoms. The summed E-state index contributed by atoms with van der Waals surface area (Å²) in [6.07, 6.45) is 6.95. The molecule has 2 aromatic rings. The fourth-order valence-electron chi connectivity index (χ4n) is 2.94. The van der Waals surface area contributed by atoms with Gasteiger partial charge in [0.15, 0.2) is 0 Å². The number of hydrogen-bond donors (Lipinski definition) is 2. The zero-order valence-electron chi connectivity index (χ0n) is 12.4. The first-order chi connectivity index (χ1) is 10.2. The predicted molar refractivity (Wildman–Crippen MR) is 80.5 cm³/mol. The zero-order valence-corrected chi connectivity index (χ0v) is 12.4. The van der Waals surface area contributed by atoms with Gasteiger partial charge in [0.2, 0.25) is 0 Å². The molecule has 112 valence electrons. The minimum absolute atomic E-state index is 0.295. The van der Waals surface area contributed by atoms with Crippen LogP contribution in [0.15, 0.2) is 30.7 Å². The summed E-state index contributed by atoms with van der Waals surface area (Å²) in [5, 5.41) is 10.3. The number of nitrogens with zero attached hydrogens (tertiary/aromatic N) is 3. The van der Waals surface area contributed by atoms with E-state index < -0.39 is 6.10 Å². The van der Waals surface area contributed by atoms with E-state index in [1.54, 1.807) is 12.4 Å². The van der Waals surface area contributed by atoms with Gasteiger partial charge in [-0.1, -0.05) is 6.07 Å². The summed E-state index contributed by atoms with van der Waals surface area (Å²) in [7, 11) is 0. The van der Waals surface area contributed by atoms with Crippen molar-refractivity contribution in [2.24, 2.45) is 5.92 Å². The standard InChI is InChI=1S/C16H22N4O/c1-12-2-3-13(10-19-12)11-20-8-4-14(5-9-20)15(21)16-17-6-7-18-16/h2-3,6-7,10,14-15,21H,4-5,8-9,11H2,1H3,(H,17,18). The summed E-state index contributed by atoms with van der Waals surface area (Å²) in [5.41, 5.74) is 2.31. The second-order valence-electron chi connectivity index (χ2n) is 5.84. The SMILES string of the molecule is Cc1ccc(CN2CCC(C(O)c3ncc[nH]3)CC2)cn1. The van der Waals surface area contributed by atoms with E-state index in [1.807, 2.05) is 13.1 Å². The third-order valence-corrected chi connectivity index (χ3v) is 4.26. The maximum Gasteiger partial charge on any atom is 0.135 e. The number of hydrogen-bond acceptors (Lipinski definition) is 4. The van der Waals surface area contributed by atoms with Crippen LogP contribution in [-0.4, -0.2) is 38.0 Å². The number of aliphatic hydroxyl groups excluding tert-OH is 1. The highest BCUT2D eigenvalue weighted by molar-refractivity contribution is 5.13. The number of likely N-dealkylation sites (tertiary alicyclic amines) is 1. The summed E-state index contributed by atoms with van der Waals surface area (Å²) in [6, 6.07) is 4.20. The lowest BCUT2D eigenvalue weighted by Gasteiger charge is -2.33. The van der Waals surface area contributed by atoms with E-state index in [2.05, 4.69) is 32.0 Å². The van der Waals surface area contributed by atoms with Gasteiger partial charge in [-0.2, -0.15) is 0 Å². The average molecular weight is 286 g/mol. The van der Waals surface area contributed by atoms with Crippen molar-refractivity contribution in [1.82, 2.24) is 19.9 Å². The summed E-state index contributed by atoms with van der Waals surface area (Å²) < 4.78 is 0. The molecule has 1 saturated heterocycles. The van der Waals surface area contributed by atoms with Crippen molar-refractivity contribution in [3.63, 3.8) is 0 Å². The number of rotatable bonds is 4. The Labute approximate surface area is 125 Å². The summed E-state index contributed by atoms with van der Waals surface area (Å²) in [5.74, 6) is 0.986. The quantitative estimate of drug-likeness (QED) is 0.903. The second kappa shape index (κ2) is 6.37. The van der Waals surface area contributed by atoms with Gasteiger partial charge in [-0.25, -0.2) is 4.98 Å². The van der Waals surface area contributed by atoms with Crippen molar-refractivity contribution in [3.8, 4) is 0 Å². The van der Waals surface area contributed by atoms with Crippen molar-refractivity contribution in [2.45, 2.75) is 32.4 Å². The molecule has 5 heteroatoms. The number of aryl methyl sites for hydroxylation is 1. The molecule has 5 nitrogen and oxygen atoms in total. The van der Waals surface area contributed by atoms with Crippen molar-refractivity contribution in [2.75, 3.05) is 13.1 Å². The molecule has 0 bridgehead atoms. The molecule has 2 aromatic heterocycles. The Morgan fingerprint density at radius 2 is 2.14 bits per heavy atom. The van der Waals surface area contributed by atoms with Gasteiger partial charge in [0.05, 0.1) is 0 Å². The number of nitrogens with one attached hydrogen (secondary N) is 1. The molecule has 1 fully saturated rings. The van der Waals surface area contributed by atoms with Crippen LogP contribution in [0.3, 0.4) is 0 Å². The minimum Gasteiger partial charge on any atom is -0.385 e. The van der Waals surface area contributed by atoms with Crippen LogP contribution in [0, 0.1) is 12.8 Å². The van der Waals surface area contributed by atoms with Crippen molar-refractivity contribution < 1.29 is 5.11 Å². The summed E-state index contributed by atoms with van der Waals surface area (Å²) in [6.45, 7) is 4.97. The molecule has 0 spiro atoms. The van der Waals surface area contributed by atoms with Crippen LogP contribution in [0.5, 0.6) is 0 Å². The number of imidazole rings is 1. The molecule has 3 rings (SSSR count). The van der Waals surface area contributed by atoms with Crippen molar-refractivity contribution >= 4 is 0 Å². The van der Waals surface area contributed by atoms with Gasteiger partial charge in [-0.3, -0.25) is 9.88 Å². The summed E-state index contributed by atoms with van der Waals surface area (Å²) in [4.78, 5) is 13.9. The van der Waals surface area contributed by atoms with Crippen LogP contribution >= 0.6 is 0 Å². The van der Waals surface area contributed by atoms with Crippen LogP contribution in [-0.2, 0) is 6.54 Å². The van der Waals surface area contributed by atoms with Crippen molar-refractivity contribution in [3.05, 3.63) is 47.8 Å². The Morgan fingerprint density at radius 1 is 1.33 bits per heavy atom. The maximum absolute atomic E-state index is 10.3. The van der Waals surface area contributed by atoms with Gasteiger partial charge in [0.25, 0.3) is 0 Å². The van der Waals surface area contributed by atoms with Crippen LogP contribution in [0.2, 0.25) is 0 Å². The lowest BCUT2D eigenvalue weighted by molar-refractivity contribution is 0.0515. The van der Waals surface area contributed by atoms with Gasteiger partial charge in [0, 0.05) is 30.8 Å². The Morgan fingerprint density at radius 3 is 2.76 bits per heavy atom. The van der Waals surface area contributed by atoms with E-state index in [9.17, 15) is 5.11 Å². The molecule has 0 radical (unpaired) electrons. The Kier molecular flexibility index (Phi) is 4.31. The fraction of sp³-hybridized carbons (Fsp3) is 0.500. The molecule has 1 aliphatic heterocycles. The highest BCUT2D eigenvalue weighted by Crippen LogP contribution is 2.29. The van der Waals surface area contributed by atoms with E-state index in [-0.39, 0.29) is 0 Å². The van der Waals surface area contributed by atoms with E-state index in [1.165, 1.54) is 5.56 Å². The lowest BCUT2D eigenvalue weighted by Crippen LogP contribution is -2.35. The molecule has 1 atom stereocenters. The van der Waals surface area contributed by atoms with Gasteiger partial charge < -0.3 is 10.1 Å². The number of H-pyrrole nitrogens is 1. The second-order valence-corrected chi connectivity index (χ2v) is 5.84. The van der Waals surface area contributed by atoms with Crippen LogP contribution in [0.4, 0.5) is 0 Å². The maximum atomic E-state index is 10.3. The average Bonchev–Trinajstić information content (AvgIpc) is 3.04.